The van der Waals surface area contributed by atoms with E-state index in [0.29, 0.717) is 59.2 Å². The molecular weight excluding hydrogens is 658 g/mol. The molecule has 6 rings (SSSR count). The number of H-pyrrole nitrogens is 1. The van der Waals surface area contributed by atoms with Crippen molar-refractivity contribution < 1.29 is 37.0 Å². The molecule has 15 heteroatoms. The first-order valence-electron chi connectivity index (χ1n) is 16.2. The number of aromatic amines is 1. The first-order chi connectivity index (χ1) is 23.9. The van der Waals surface area contributed by atoms with Gasteiger partial charge in [0.1, 0.15) is 18.5 Å². The number of nitrogens with zero attached hydrogens (tertiary/aromatic N) is 5. The molecule has 11 nitrogen and oxygen atoms in total. The molecule has 50 heavy (non-hydrogen) atoms. The van der Waals surface area contributed by atoms with Gasteiger partial charge in [-0.3, -0.25) is 9.59 Å². The zero-order valence-electron chi connectivity index (χ0n) is 27.4. The van der Waals surface area contributed by atoms with Crippen molar-refractivity contribution in [3.05, 3.63) is 88.3 Å². The van der Waals surface area contributed by atoms with Gasteiger partial charge >= 0.3 is 18.1 Å². The second-order valence-corrected chi connectivity index (χ2v) is 12.1. The molecule has 0 aliphatic carbocycles. The van der Waals surface area contributed by atoms with E-state index in [9.17, 15) is 22.8 Å². The van der Waals surface area contributed by atoms with Gasteiger partial charge in [-0.25, -0.2) is 19.0 Å². The van der Waals surface area contributed by atoms with Crippen LogP contribution in [0.25, 0.3) is 27.8 Å². The molecule has 0 radical (unpaired) electrons. The van der Waals surface area contributed by atoms with E-state index in [4.69, 9.17) is 20.7 Å². The summed E-state index contributed by atoms with van der Waals surface area (Å²) in [5.74, 6) is -2.41. The van der Waals surface area contributed by atoms with E-state index in [1.54, 1.807) is 21.8 Å². The molecule has 3 aromatic heterocycles. The number of esters is 1. The number of ether oxygens (including phenoxy) is 1. The number of halogens is 4. The van der Waals surface area contributed by atoms with Crippen LogP contribution < -0.4 is 10.6 Å². The summed E-state index contributed by atoms with van der Waals surface area (Å²) in [6, 6.07) is 7.82. The number of fused-ring (bicyclic) bond motifs is 2. The quantitative estimate of drug-likeness (QED) is 0.114. The maximum atomic E-state index is 16.7. The molecule has 5 aromatic rings. The fourth-order valence-corrected chi connectivity index (χ4v) is 6.36. The molecule has 0 spiro atoms. The fraction of sp³-hybridized carbons (Fsp3) is 0.343. The Morgan fingerprint density at radius 2 is 1.80 bits per heavy atom. The van der Waals surface area contributed by atoms with Gasteiger partial charge < -0.3 is 25.5 Å². The van der Waals surface area contributed by atoms with Crippen LogP contribution in [0.15, 0.2) is 48.9 Å². The van der Waals surface area contributed by atoms with Crippen LogP contribution in [0.2, 0.25) is 0 Å². The minimum atomic E-state index is -4.58. The molecule has 0 saturated carbocycles. The molecule has 1 atom stereocenters. The highest BCUT2D eigenvalue weighted by Crippen LogP contribution is 2.41. The molecule has 4 heterocycles. The fourth-order valence-electron chi connectivity index (χ4n) is 6.36. The van der Waals surface area contributed by atoms with Crippen LogP contribution in [-0.2, 0) is 52.9 Å². The summed E-state index contributed by atoms with van der Waals surface area (Å²) in [6.07, 6.45) is -0.0828. The van der Waals surface area contributed by atoms with Crippen LogP contribution >= 0.6 is 0 Å². The normalized spacial score (nSPS) is 13.8. The molecule has 2 aromatic carbocycles. The number of carboxylic acids is 1. The first kappa shape index (κ1) is 34.5. The van der Waals surface area contributed by atoms with Gasteiger partial charge in [-0.1, -0.05) is 32.0 Å². The molecule has 0 amide bonds. The van der Waals surface area contributed by atoms with Gasteiger partial charge in [-0.05, 0) is 42.5 Å². The molecule has 0 saturated heterocycles. The minimum absolute atomic E-state index is 0.108. The summed E-state index contributed by atoms with van der Waals surface area (Å²) in [5.41, 5.74) is 10.7. The number of para-hydroxylation sites is 1. The zero-order valence-corrected chi connectivity index (χ0v) is 27.4. The van der Waals surface area contributed by atoms with Crippen molar-refractivity contribution in [2.75, 3.05) is 11.4 Å². The number of nitrogens with one attached hydrogen (secondary N) is 1. The van der Waals surface area contributed by atoms with Crippen LogP contribution in [-0.4, -0.2) is 54.4 Å². The van der Waals surface area contributed by atoms with Gasteiger partial charge in [0.25, 0.3) is 0 Å². The highest BCUT2D eigenvalue weighted by molar-refractivity contribution is 5.98. The summed E-state index contributed by atoms with van der Waals surface area (Å²) >= 11 is 0. The maximum absolute atomic E-state index is 16.7. The molecular formula is C35H35F4N7O4. The molecule has 4 N–H and O–H groups in total. The van der Waals surface area contributed by atoms with E-state index in [-0.39, 0.29) is 37.5 Å². The van der Waals surface area contributed by atoms with Gasteiger partial charge in [0.15, 0.2) is 0 Å². The van der Waals surface area contributed by atoms with E-state index in [1.165, 1.54) is 6.07 Å². The van der Waals surface area contributed by atoms with Crippen molar-refractivity contribution in [3.63, 3.8) is 0 Å². The highest BCUT2D eigenvalue weighted by atomic mass is 19.4. The number of hydrogen-bond acceptors (Lipinski definition) is 8. The van der Waals surface area contributed by atoms with E-state index in [1.807, 2.05) is 32.0 Å². The number of carbonyl (C=O) groups excluding carboxylic acids is 1. The Bertz CT molecular complexity index is 2030. The lowest BCUT2D eigenvalue weighted by Crippen LogP contribution is -2.32. The number of nitrogens with two attached hydrogens (primary N) is 1. The van der Waals surface area contributed by atoms with Crippen molar-refractivity contribution in [1.29, 1.82) is 0 Å². The van der Waals surface area contributed by atoms with Crippen molar-refractivity contribution in [1.82, 2.24) is 24.7 Å². The lowest BCUT2D eigenvalue weighted by atomic mass is 9.95. The van der Waals surface area contributed by atoms with Crippen molar-refractivity contribution in [2.24, 2.45) is 5.73 Å². The Hall–Kier alpha value is -5.31. The Balaban J connectivity index is 1.46. The molecule has 0 fully saturated rings. The van der Waals surface area contributed by atoms with Crippen molar-refractivity contribution >= 4 is 28.8 Å². The largest absolute Gasteiger partial charge is 0.481 e. The number of aromatic nitrogens is 5. The minimum Gasteiger partial charge on any atom is -0.481 e. The number of aliphatic carboxylic acids is 1. The van der Waals surface area contributed by atoms with Gasteiger partial charge in [0, 0.05) is 66.6 Å². The summed E-state index contributed by atoms with van der Waals surface area (Å²) in [5, 5.41) is 14.5. The van der Waals surface area contributed by atoms with Gasteiger partial charge in [0.2, 0.25) is 5.95 Å². The number of carboxylic acid groups (broad SMARTS) is 1. The number of aryl methyl sites for hydroxylation is 2. The predicted molar refractivity (Wildman–Crippen MR) is 176 cm³/mol. The Morgan fingerprint density at radius 1 is 1.10 bits per heavy atom. The third-order valence-electron chi connectivity index (χ3n) is 8.92. The van der Waals surface area contributed by atoms with Crippen LogP contribution in [0.1, 0.15) is 60.2 Å². The predicted octanol–water partition coefficient (Wildman–Crippen LogP) is 5.89. The smallest absolute Gasteiger partial charge is 0.419 e. The molecule has 1 unspecified atom stereocenters. The van der Waals surface area contributed by atoms with E-state index < -0.39 is 35.5 Å². The summed E-state index contributed by atoms with van der Waals surface area (Å²) in [4.78, 5) is 36.3. The number of alkyl halides is 3. The average Bonchev–Trinajstić information content (AvgIpc) is 3.74. The number of rotatable bonds is 11. The monoisotopic (exact) mass is 693 g/mol. The van der Waals surface area contributed by atoms with Crippen LogP contribution in [0.3, 0.4) is 0 Å². The van der Waals surface area contributed by atoms with E-state index in [2.05, 4.69) is 15.0 Å². The van der Waals surface area contributed by atoms with Crippen molar-refractivity contribution in [2.45, 2.75) is 71.3 Å². The van der Waals surface area contributed by atoms with E-state index >= 15 is 4.39 Å². The van der Waals surface area contributed by atoms with Crippen LogP contribution in [0, 0.1) is 5.82 Å². The summed E-state index contributed by atoms with van der Waals surface area (Å²) in [6.45, 7) is 4.28. The summed E-state index contributed by atoms with van der Waals surface area (Å²) in [7, 11) is 0. The van der Waals surface area contributed by atoms with Crippen molar-refractivity contribution in [3.8, 4) is 16.9 Å². The topological polar surface area (TPSA) is 152 Å². The standard InChI is InChI=1S/C35H35F4N7O4/c1-3-19-6-5-7-20(4-2)31(19)46-32(24-17-45(13-11-27(24)44-46)34-42-15-22(16-43-34)35(37,38)39)29-23-10-12-41-30(23)21(14-25(29)36)18-50-33(49)26(40)8-9-28(47)48/h5-7,10,12,14-16,26,41H,3-4,8-9,11,13,17-18,40H2,1-2H3,(H,47,48). The lowest BCUT2D eigenvalue weighted by molar-refractivity contribution is -0.147. The van der Waals surface area contributed by atoms with Crippen LogP contribution in [0.4, 0.5) is 23.5 Å². The number of carbonyl (C=O) groups is 2. The summed E-state index contributed by atoms with van der Waals surface area (Å²) < 4.78 is 63.6. The molecule has 1 aliphatic rings. The number of hydrogen-bond donors (Lipinski definition) is 3. The van der Waals surface area contributed by atoms with Gasteiger partial charge in [0.05, 0.1) is 28.2 Å². The maximum Gasteiger partial charge on any atom is 0.419 e. The molecule has 0 bridgehead atoms. The Kier molecular flexibility index (Phi) is 9.60. The SMILES string of the molecule is CCc1cccc(CC)c1-n1nc2c(c1-c1c(F)cc(COC(=O)C(N)CCC(=O)O)c3[nH]ccc13)CN(c1ncc(C(F)(F)F)cn1)CC2. The Labute approximate surface area is 284 Å². The van der Waals surface area contributed by atoms with Crippen LogP contribution in [0.5, 0.6) is 0 Å². The Morgan fingerprint density at radius 3 is 2.44 bits per heavy atom. The lowest BCUT2D eigenvalue weighted by Gasteiger charge is -2.27. The number of benzene rings is 2. The second-order valence-electron chi connectivity index (χ2n) is 12.1. The highest BCUT2D eigenvalue weighted by Gasteiger charge is 2.34. The van der Waals surface area contributed by atoms with E-state index in [0.717, 1.165) is 29.2 Å². The molecule has 1 aliphatic heterocycles. The van der Waals surface area contributed by atoms with Gasteiger partial charge in [-0.2, -0.15) is 18.3 Å². The molecule has 262 valence electrons. The third-order valence-corrected chi connectivity index (χ3v) is 8.92. The zero-order chi connectivity index (χ0) is 35.7. The van der Waals surface area contributed by atoms with Gasteiger partial charge in [-0.15, -0.1) is 0 Å². The third kappa shape index (κ3) is 6.64. The number of anilines is 1. The second kappa shape index (κ2) is 13.9. The average molecular weight is 694 g/mol. The first-order valence-corrected chi connectivity index (χ1v) is 16.2.